The molecule has 0 spiro atoms. The lowest BCUT2D eigenvalue weighted by molar-refractivity contribution is 0.0965. The van der Waals surface area contributed by atoms with Crippen LogP contribution in [0.3, 0.4) is 0 Å². The molecular formula is C19H33N7. The lowest BCUT2D eigenvalue weighted by Crippen LogP contribution is -2.47. The van der Waals surface area contributed by atoms with Gasteiger partial charge in [0.25, 0.3) is 0 Å². The molecule has 7 heteroatoms. The molecule has 1 aromatic rings. The van der Waals surface area contributed by atoms with Crippen LogP contribution in [0.15, 0.2) is 23.3 Å². The number of amidine groups is 1. The molecule has 2 aliphatic rings. The number of hydrazone groups is 1. The third-order valence-electron chi connectivity index (χ3n) is 5.74. The number of likely N-dealkylation sites (tertiary alicyclic amines) is 1. The molecular weight excluding hydrogens is 326 g/mol. The van der Waals surface area contributed by atoms with Crippen LogP contribution < -0.4 is 16.5 Å². The molecule has 0 atom stereocenters. The van der Waals surface area contributed by atoms with Crippen molar-refractivity contribution in [1.29, 1.82) is 0 Å². The molecule has 0 amide bonds. The Morgan fingerprint density at radius 2 is 1.88 bits per heavy atom. The van der Waals surface area contributed by atoms with E-state index in [1.165, 1.54) is 32.5 Å². The van der Waals surface area contributed by atoms with E-state index < -0.39 is 0 Å². The monoisotopic (exact) mass is 359 g/mol. The van der Waals surface area contributed by atoms with E-state index in [0.29, 0.717) is 11.7 Å². The Morgan fingerprint density at radius 3 is 2.58 bits per heavy atom. The number of anilines is 1. The molecule has 0 aliphatic carbocycles. The van der Waals surface area contributed by atoms with E-state index in [2.05, 4.69) is 38.6 Å². The quantitative estimate of drug-likeness (QED) is 0.362. The van der Waals surface area contributed by atoms with Gasteiger partial charge in [0, 0.05) is 38.3 Å². The van der Waals surface area contributed by atoms with Crippen molar-refractivity contribution in [3.05, 3.63) is 23.9 Å². The number of aromatic nitrogens is 1. The van der Waals surface area contributed by atoms with Crippen molar-refractivity contribution in [2.24, 2.45) is 16.7 Å². The summed E-state index contributed by atoms with van der Waals surface area (Å²) in [6.07, 6.45) is 3.74. The second-order valence-corrected chi connectivity index (χ2v) is 7.63. The third-order valence-corrected chi connectivity index (χ3v) is 5.74. The number of hydrogen-bond acceptors (Lipinski definition) is 6. The SMILES string of the molecule is CC(C)N1CCC(N2CCCN(c3cccc(C(N)=NN)n3)CC2)CC1. The summed E-state index contributed by atoms with van der Waals surface area (Å²) < 4.78 is 0. The van der Waals surface area contributed by atoms with E-state index in [0.717, 1.165) is 37.9 Å². The van der Waals surface area contributed by atoms with Crippen LogP contribution in [0.4, 0.5) is 5.82 Å². The van der Waals surface area contributed by atoms with Crippen LogP contribution in [-0.4, -0.2) is 72.0 Å². The molecule has 0 aromatic carbocycles. The highest BCUT2D eigenvalue weighted by Gasteiger charge is 2.27. The lowest BCUT2D eigenvalue weighted by atomic mass is 10.0. The Balaban J connectivity index is 1.59. The van der Waals surface area contributed by atoms with Gasteiger partial charge in [-0.25, -0.2) is 4.98 Å². The molecule has 0 radical (unpaired) electrons. The summed E-state index contributed by atoms with van der Waals surface area (Å²) in [6, 6.07) is 7.26. The standard InChI is InChI=1S/C19H33N7/c1-15(2)24-11-7-16(8-12-24)25-9-4-10-26(14-13-25)18-6-3-5-17(22-18)19(20)23-21/h3,5-6,15-16H,4,7-14,21H2,1-2H3,(H2,20,23). The number of rotatable bonds is 4. The normalized spacial score (nSPS) is 22.0. The molecule has 0 saturated carbocycles. The maximum absolute atomic E-state index is 5.81. The van der Waals surface area contributed by atoms with Gasteiger partial charge < -0.3 is 21.4 Å². The van der Waals surface area contributed by atoms with E-state index in [1.54, 1.807) is 0 Å². The molecule has 26 heavy (non-hydrogen) atoms. The summed E-state index contributed by atoms with van der Waals surface area (Å²) in [6.45, 7) is 11.3. The molecule has 4 N–H and O–H groups in total. The van der Waals surface area contributed by atoms with E-state index in [4.69, 9.17) is 11.6 Å². The van der Waals surface area contributed by atoms with E-state index in [-0.39, 0.29) is 5.84 Å². The largest absolute Gasteiger partial charge is 0.380 e. The first kappa shape index (κ1) is 18.9. The van der Waals surface area contributed by atoms with Crippen LogP contribution >= 0.6 is 0 Å². The van der Waals surface area contributed by atoms with Crippen molar-refractivity contribution in [2.75, 3.05) is 44.2 Å². The average molecular weight is 360 g/mol. The number of nitrogens with two attached hydrogens (primary N) is 2. The first-order chi connectivity index (χ1) is 12.6. The van der Waals surface area contributed by atoms with Gasteiger partial charge in [-0.05, 0) is 58.3 Å². The zero-order valence-corrected chi connectivity index (χ0v) is 16.1. The van der Waals surface area contributed by atoms with Gasteiger partial charge in [0.2, 0.25) is 0 Å². The Labute approximate surface area is 157 Å². The Kier molecular flexibility index (Phi) is 6.32. The minimum Gasteiger partial charge on any atom is -0.380 e. The fraction of sp³-hybridized carbons (Fsp3) is 0.684. The molecule has 2 fully saturated rings. The lowest BCUT2D eigenvalue weighted by Gasteiger charge is -2.39. The van der Waals surface area contributed by atoms with Gasteiger partial charge in [-0.1, -0.05) is 6.07 Å². The van der Waals surface area contributed by atoms with Gasteiger partial charge in [0.05, 0.1) is 0 Å². The maximum Gasteiger partial charge on any atom is 0.169 e. The first-order valence-electron chi connectivity index (χ1n) is 9.82. The van der Waals surface area contributed by atoms with Gasteiger partial charge in [-0.15, -0.1) is 0 Å². The first-order valence-corrected chi connectivity index (χ1v) is 9.82. The highest BCUT2D eigenvalue weighted by molar-refractivity contribution is 5.95. The van der Waals surface area contributed by atoms with Gasteiger partial charge >= 0.3 is 0 Å². The Bertz CT molecular complexity index is 608. The highest BCUT2D eigenvalue weighted by Crippen LogP contribution is 2.21. The second kappa shape index (κ2) is 8.68. The third kappa shape index (κ3) is 4.45. The summed E-state index contributed by atoms with van der Waals surface area (Å²) in [5.74, 6) is 6.53. The van der Waals surface area contributed by atoms with E-state index in [1.807, 2.05) is 18.2 Å². The summed E-state index contributed by atoms with van der Waals surface area (Å²) in [7, 11) is 0. The molecule has 1 aromatic heterocycles. The van der Waals surface area contributed by atoms with Gasteiger partial charge in [-0.2, -0.15) is 5.10 Å². The Morgan fingerprint density at radius 1 is 1.12 bits per heavy atom. The van der Waals surface area contributed by atoms with Crippen molar-refractivity contribution in [3.8, 4) is 0 Å². The van der Waals surface area contributed by atoms with E-state index >= 15 is 0 Å². The fourth-order valence-corrected chi connectivity index (χ4v) is 4.11. The van der Waals surface area contributed by atoms with Crippen molar-refractivity contribution in [3.63, 3.8) is 0 Å². The molecule has 7 nitrogen and oxygen atoms in total. The molecule has 2 saturated heterocycles. The maximum atomic E-state index is 5.81. The summed E-state index contributed by atoms with van der Waals surface area (Å²) >= 11 is 0. The number of hydrogen-bond donors (Lipinski definition) is 2. The number of piperidine rings is 1. The summed E-state index contributed by atoms with van der Waals surface area (Å²) in [5, 5.41) is 3.56. The number of pyridine rings is 1. The topological polar surface area (TPSA) is 87.0 Å². The van der Waals surface area contributed by atoms with Gasteiger partial charge in [-0.3, -0.25) is 4.90 Å². The van der Waals surface area contributed by atoms with Crippen molar-refractivity contribution in [2.45, 2.75) is 45.2 Å². The fourth-order valence-electron chi connectivity index (χ4n) is 4.11. The smallest absolute Gasteiger partial charge is 0.169 e. The summed E-state index contributed by atoms with van der Waals surface area (Å²) in [4.78, 5) is 12.3. The Hall–Kier alpha value is -1.86. The van der Waals surface area contributed by atoms with Crippen LogP contribution in [-0.2, 0) is 0 Å². The van der Waals surface area contributed by atoms with Crippen LogP contribution in [0.1, 0.15) is 38.8 Å². The van der Waals surface area contributed by atoms with Gasteiger partial charge in [0.1, 0.15) is 11.5 Å². The molecule has 2 aliphatic heterocycles. The van der Waals surface area contributed by atoms with Crippen LogP contribution in [0.5, 0.6) is 0 Å². The summed E-state index contributed by atoms with van der Waals surface area (Å²) in [5.41, 5.74) is 6.45. The number of nitrogens with zero attached hydrogens (tertiary/aromatic N) is 5. The minimum absolute atomic E-state index is 0.278. The van der Waals surface area contributed by atoms with Crippen LogP contribution in [0, 0.1) is 0 Å². The molecule has 144 valence electrons. The zero-order chi connectivity index (χ0) is 18.5. The molecule has 3 heterocycles. The van der Waals surface area contributed by atoms with Crippen molar-refractivity contribution in [1.82, 2.24) is 14.8 Å². The zero-order valence-electron chi connectivity index (χ0n) is 16.1. The van der Waals surface area contributed by atoms with Gasteiger partial charge in [0.15, 0.2) is 5.84 Å². The predicted molar refractivity (Wildman–Crippen MR) is 107 cm³/mol. The molecule has 3 rings (SSSR count). The van der Waals surface area contributed by atoms with Crippen molar-refractivity contribution >= 4 is 11.7 Å². The highest BCUT2D eigenvalue weighted by atomic mass is 15.3. The van der Waals surface area contributed by atoms with Crippen LogP contribution in [0.2, 0.25) is 0 Å². The minimum atomic E-state index is 0.278. The van der Waals surface area contributed by atoms with Crippen LogP contribution in [0.25, 0.3) is 0 Å². The van der Waals surface area contributed by atoms with Crippen molar-refractivity contribution < 1.29 is 0 Å². The molecule has 0 bridgehead atoms. The second-order valence-electron chi connectivity index (χ2n) is 7.63. The predicted octanol–water partition coefficient (Wildman–Crippen LogP) is 1.05. The average Bonchev–Trinajstić information content (AvgIpc) is 2.94. The molecule has 0 unspecified atom stereocenters. The van der Waals surface area contributed by atoms with E-state index in [9.17, 15) is 0 Å².